The molecule has 2 N–H and O–H groups in total. The Hall–Kier alpha value is -5.78. The molecular weight excluding hydrogens is 644 g/mol. The van der Waals surface area contributed by atoms with Crippen LogP contribution in [0.1, 0.15) is 46.2 Å². The smallest absolute Gasteiger partial charge is 0.252 e. The molecule has 0 aliphatic carbocycles. The normalized spacial score (nSPS) is 12.0. The molecule has 1 atom stereocenters. The van der Waals surface area contributed by atoms with Gasteiger partial charge in [0.1, 0.15) is 13.1 Å². The van der Waals surface area contributed by atoms with Crippen molar-refractivity contribution in [1.82, 2.24) is 38.9 Å². The molecule has 2 amide bonds. The summed E-state index contributed by atoms with van der Waals surface area (Å²) in [5.74, 6) is 0.130. The van der Waals surface area contributed by atoms with Crippen LogP contribution in [-0.4, -0.2) is 53.1 Å². The molecular formula is C39H44N8O4. The standard InChI is InChI=1S/C39H44N8O4/c1-25(31-12-10-29(11-13-31)15-17-41-33(49)22-47-24-43-39-37(47)27(3)20-35(51)45(39)5)18-30-8-6-28(7-9-30)14-16-40-32(48)21-46-23-42-38-36(46)26(2)19-34(50)44(38)4/h6-13,19-20,23-25H,14-18,21-22H2,1-5H3,(H,40,48)(H,41,49). The van der Waals surface area contributed by atoms with Crippen LogP contribution in [0.15, 0.2) is 82.9 Å². The number of hydrogen-bond acceptors (Lipinski definition) is 6. The summed E-state index contributed by atoms with van der Waals surface area (Å²) in [4.78, 5) is 58.1. The van der Waals surface area contributed by atoms with Gasteiger partial charge in [-0.05, 0) is 72.4 Å². The van der Waals surface area contributed by atoms with E-state index in [1.165, 1.54) is 20.3 Å². The Labute approximate surface area is 295 Å². The van der Waals surface area contributed by atoms with Gasteiger partial charge in [-0.1, -0.05) is 55.5 Å². The number of nitrogens with one attached hydrogen (secondary N) is 2. The summed E-state index contributed by atoms with van der Waals surface area (Å²) in [5.41, 5.74) is 8.90. The molecule has 0 spiro atoms. The monoisotopic (exact) mass is 688 g/mol. The van der Waals surface area contributed by atoms with E-state index >= 15 is 0 Å². The highest BCUT2D eigenvalue weighted by molar-refractivity contribution is 5.81. The Bertz CT molecular complexity index is 2330. The second kappa shape index (κ2) is 15.0. The van der Waals surface area contributed by atoms with E-state index < -0.39 is 0 Å². The maximum absolute atomic E-state index is 12.7. The molecule has 0 saturated heterocycles. The third-order valence-corrected chi connectivity index (χ3v) is 9.57. The predicted molar refractivity (Wildman–Crippen MR) is 198 cm³/mol. The summed E-state index contributed by atoms with van der Waals surface area (Å²) in [6, 6.07) is 20.3. The van der Waals surface area contributed by atoms with Gasteiger partial charge >= 0.3 is 0 Å². The van der Waals surface area contributed by atoms with Crippen LogP contribution in [0, 0.1) is 13.8 Å². The number of pyridine rings is 2. The molecule has 6 rings (SSSR count). The van der Waals surface area contributed by atoms with Crippen molar-refractivity contribution in [2.75, 3.05) is 13.1 Å². The van der Waals surface area contributed by atoms with Gasteiger partial charge in [0.15, 0.2) is 11.3 Å². The van der Waals surface area contributed by atoms with Crippen LogP contribution in [0.4, 0.5) is 0 Å². The zero-order valence-corrected chi connectivity index (χ0v) is 29.8. The first-order valence-corrected chi connectivity index (χ1v) is 17.2. The molecule has 264 valence electrons. The van der Waals surface area contributed by atoms with Gasteiger partial charge in [-0.2, -0.15) is 0 Å². The number of hydrogen-bond donors (Lipinski definition) is 2. The molecule has 6 aromatic rings. The molecule has 4 heterocycles. The Morgan fingerprint density at radius 3 is 1.53 bits per heavy atom. The van der Waals surface area contributed by atoms with Crippen molar-refractivity contribution in [3.8, 4) is 0 Å². The van der Waals surface area contributed by atoms with Crippen molar-refractivity contribution >= 4 is 34.1 Å². The molecule has 12 heteroatoms. The van der Waals surface area contributed by atoms with E-state index in [1.54, 1.807) is 48.0 Å². The molecule has 51 heavy (non-hydrogen) atoms. The van der Waals surface area contributed by atoms with Crippen LogP contribution in [0.3, 0.4) is 0 Å². The summed E-state index contributed by atoms with van der Waals surface area (Å²) >= 11 is 0. The molecule has 0 saturated carbocycles. The van der Waals surface area contributed by atoms with Crippen molar-refractivity contribution in [3.63, 3.8) is 0 Å². The second-order valence-corrected chi connectivity index (χ2v) is 13.4. The average molecular weight is 689 g/mol. The van der Waals surface area contributed by atoms with Crippen LogP contribution in [0.2, 0.25) is 0 Å². The van der Waals surface area contributed by atoms with Crippen LogP contribution in [-0.2, 0) is 56.0 Å². The minimum absolute atomic E-state index is 0.103. The Kier molecular flexibility index (Phi) is 10.3. The number of aryl methyl sites for hydroxylation is 4. The predicted octanol–water partition coefficient (Wildman–Crippen LogP) is 3.46. The van der Waals surface area contributed by atoms with Gasteiger partial charge in [-0.3, -0.25) is 28.3 Å². The Morgan fingerprint density at radius 1 is 0.667 bits per heavy atom. The third kappa shape index (κ3) is 7.85. The quantitative estimate of drug-likeness (QED) is 0.191. The molecule has 0 radical (unpaired) electrons. The summed E-state index contributed by atoms with van der Waals surface area (Å²) < 4.78 is 6.54. The lowest BCUT2D eigenvalue weighted by atomic mass is 9.92. The number of carbonyl (C=O) groups excluding carboxylic acids is 2. The first-order chi connectivity index (χ1) is 24.5. The van der Waals surface area contributed by atoms with Crippen LogP contribution >= 0.6 is 0 Å². The topological polar surface area (TPSA) is 138 Å². The number of imidazole rings is 2. The van der Waals surface area contributed by atoms with Crippen LogP contribution in [0.25, 0.3) is 22.3 Å². The zero-order valence-electron chi connectivity index (χ0n) is 29.8. The molecule has 0 aliphatic heterocycles. The maximum atomic E-state index is 12.7. The van der Waals surface area contributed by atoms with E-state index in [1.807, 2.05) is 13.8 Å². The first kappa shape index (κ1) is 35.1. The van der Waals surface area contributed by atoms with Gasteiger partial charge in [0, 0.05) is 39.3 Å². The van der Waals surface area contributed by atoms with E-state index in [2.05, 4.69) is 76.1 Å². The fraction of sp³-hybridized carbons (Fsp3) is 0.333. The van der Waals surface area contributed by atoms with Crippen molar-refractivity contribution in [2.45, 2.75) is 59.0 Å². The van der Waals surface area contributed by atoms with Gasteiger partial charge in [-0.25, -0.2) is 9.97 Å². The number of carbonyl (C=O) groups is 2. The van der Waals surface area contributed by atoms with Crippen LogP contribution in [0.5, 0.6) is 0 Å². The van der Waals surface area contributed by atoms with E-state index in [0.29, 0.717) is 30.3 Å². The fourth-order valence-electron chi connectivity index (χ4n) is 6.63. The van der Waals surface area contributed by atoms with Crippen molar-refractivity contribution in [1.29, 1.82) is 0 Å². The average Bonchev–Trinajstić information content (AvgIpc) is 3.72. The number of amides is 2. The number of benzene rings is 2. The van der Waals surface area contributed by atoms with Crippen molar-refractivity contribution < 1.29 is 9.59 Å². The molecule has 4 aromatic heterocycles. The van der Waals surface area contributed by atoms with Crippen molar-refractivity contribution in [3.05, 3.63) is 127 Å². The molecule has 1 unspecified atom stereocenters. The van der Waals surface area contributed by atoms with Gasteiger partial charge < -0.3 is 19.8 Å². The largest absolute Gasteiger partial charge is 0.354 e. The summed E-state index contributed by atoms with van der Waals surface area (Å²) in [5, 5.41) is 6.00. The number of nitrogens with zero attached hydrogens (tertiary/aromatic N) is 6. The lowest BCUT2D eigenvalue weighted by molar-refractivity contribution is -0.122. The molecule has 12 nitrogen and oxygen atoms in total. The highest BCUT2D eigenvalue weighted by atomic mass is 16.2. The van der Waals surface area contributed by atoms with E-state index in [9.17, 15) is 19.2 Å². The van der Waals surface area contributed by atoms with E-state index in [4.69, 9.17) is 0 Å². The van der Waals surface area contributed by atoms with E-state index in [0.717, 1.165) is 52.5 Å². The zero-order chi connectivity index (χ0) is 36.2. The Balaban J connectivity index is 0.925. The highest BCUT2D eigenvalue weighted by Gasteiger charge is 2.14. The summed E-state index contributed by atoms with van der Waals surface area (Å²) in [6.07, 6.45) is 5.57. The van der Waals surface area contributed by atoms with Gasteiger partial charge in [-0.15, -0.1) is 0 Å². The lowest BCUT2D eigenvalue weighted by Gasteiger charge is -2.14. The molecule has 0 bridgehead atoms. The first-order valence-electron chi connectivity index (χ1n) is 17.2. The van der Waals surface area contributed by atoms with Gasteiger partial charge in [0.05, 0.1) is 23.7 Å². The number of aromatic nitrogens is 6. The van der Waals surface area contributed by atoms with Gasteiger partial charge in [0.25, 0.3) is 11.1 Å². The minimum Gasteiger partial charge on any atom is -0.354 e. The van der Waals surface area contributed by atoms with E-state index in [-0.39, 0.29) is 36.0 Å². The summed E-state index contributed by atoms with van der Waals surface area (Å²) in [6.45, 7) is 7.27. The van der Waals surface area contributed by atoms with Crippen LogP contribution < -0.4 is 21.8 Å². The number of fused-ring (bicyclic) bond motifs is 2. The van der Waals surface area contributed by atoms with Crippen molar-refractivity contribution in [2.24, 2.45) is 14.1 Å². The SMILES string of the molecule is Cc1cc(=O)n(C)c2ncn(CC(=O)NCCc3ccc(CC(C)c4ccc(CCNC(=O)Cn5cnc6c5c(C)cc(=O)n6C)cc4)cc3)c12. The molecule has 2 aromatic carbocycles. The number of rotatable bonds is 13. The molecule has 0 aliphatic rings. The Morgan fingerprint density at radius 2 is 1.08 bits per heavy atom. The maximum Gasteiger partial charge on any atom is 0.252 e. The lowest BCUT2D eigenvalue weighted by Crippen LogP contribution is -2.29. The summed E-state index contributed by atoms with van der Waals surface area (Å²) in [7, 11) is 3.36. The fourth-order valence-corrected chi connectivity index (χ4v) is 6.63. The third-order valence-electron chi connectivity index (χ3n) is 9.57. The molecule has 0 fully saturated rings. The second-order valence-electron chi connectivity index (χ2n) is 13.4. The highest BCUT2D eigenvalue weighted by Crippen LogP contribution is 2.22. The minimum atomic E-state index is -0.120. The van der Waals surface area contributed by atoms with Gasteiger partial charge in [0.2, 0.25) is 11.8 Å².